The maximum Gasteiger partial charge on any atom is 0.350 e. The van der Waals surface area contributed by atoms with Crippen molar-refractivity contribution in [3.05, 3.63) is 121 Å². The van der Waals surface area contributed by atoms with Gasteiger partial charge < -0.3 is 4.74 Å². The summed E-state index contributed by atoms with van der Waals surface area (Å²) in [5.74, 6) is 0.353. The molecule has 3 heteroatoms. The quantitative estimate of drug-likeness (QED) is 0.270. The summed E-state index contributed by atoms with van der Waals surface area (Å²) in [5.41, 5.74) is 0. The van der Waals surface area contributed by atoms with Crippen LogP contribution in [-0.2, 0) is 4.79 Å². The Hall–Kier alpha value is -3.22. The lowest BCUT2D eigenvalue weighted by Gasteiger charge is -2.26. The molecule has 142 valence electrons. The number of para-hydroxylation sites is 1. The number of rotatable bonds is 6. The zero-order chi connectivity index (χ0) is 19.9. The fourth-order valence-electron chi connectivity index (χ4n) is 3.61. The third kappa shape index (κ3) is 4.13. The fraction of sp³-hybridized carbons (Fsp3) is 0.0385. The van der Waals surface area contributed by atoms with Gasteiger partial charge in [-0.3, -0.25) is 0 Å². The van der Waals surface area contributed by atoms with Gasteiger partial charge in [-0.15, -0.1) is 0 Å². The third-order valence-corrected chi connectivity index (χ3v) is 9.20. The molecule has 0 spiro atoms. The van der Waals surface area contributed by atoms with E-state index in [9.17, 15) is 4.79 Å². The van der Waals surface area contributed by atoms with Crippen LogP contribution >= 0.6 is 7.26 Å². The summed E-state index contributed by atoms with van der Waals surface area (Å²) >= 11 is 0. The predicted molar refractivity (Wildman–Crippen MR) is 122 cm³/mol. The molecule has 4 rings (SSSR count). The summed E-state index contributed by atoms with van der Waals surface area (Å²) in [4.78, 5) is 13.2. The SMILES string of the molecule is O=C(C[P+](c1ccccc1)(c1ccccc1)c1ccccc1)Oc1ccccc1. The van der Waals surface area contributed by atoms with Crippen molar-refractivity contribution in [1.82, 2.24) is 0 Å². The predicted octanol–water partition coefficient (Wildman–Crippen LogP) is 4.59. The molecular formula is C26H22O2P+. The summed E-state index contributed by atoms with van der Waals surface area (Å²) < 4.78 is 5.72. The van der Waals surface area contributed by atoms with Gasteiger partial charge in [0.05, 0.1) is 0 Å². The van der Waals surface area contributed by atoms with Crippen LogP contribution in [0.4, 0.5) is 0 Å². The summed E-state index contributed by atoms with van der Waals surface area (Å²) in [7, 11) is -2.22. The molecule has 29 heavy (non-hydrogen) atoms. The van der Waals surface area contributed by atoms with Gasteiger partial charge in [-0.1, -0.05) is 72.8 Å². The van der Waals surface area contributed by atoms with Gasteiger partial charge in [0, 0.05) is 0 Å². The Morgan fingerprint density at radius 1 is 0.552 bits per heavy atom. The smallest absolute Gasteiger partial charge is 0.350 e. The summed E-state index contributed by atoms with van der Waals surface area (Å²) in [6, 6.07) is 40.3. The fourth-order valence-corrected chi connectivity index (χ4v) is 7.55. The molecule has 0 aliphatic carbocycles. The van der Waals surface area contributed by atoms with Gasteiger partial charge in [-0.05, 0) is 48.5 Å². The average Bonchev–Trinajstić information content (AvgIpc) is 2.80. The molecule has 0 unspecified atom stereocenters. The molecule has 0 aliphatic heterocycles. The van der Waals surface area contributed by atoms with Crippen molar-refractivity contribution in [3.63, 3.8) is 0 Å². The topological polar surface area (TPSA) is 26.3 Å². The zero-order valence-corrected chi connectivity index (χ0v) is 16.9. The second-order valence-corrected chi connectivity index (χ2v) is 10.2. The van der Waals surface area contributed by atoms with E-state index in [-0.39, 0.29) is 5.97 Å². The standard InChI is InChI=1S/C26H22O2P/c27-26(28-22-13-5-1-6-14-22)21-29(23-15-7-2-8-16-23,24-17-9-3-10-18-24)25-19-11-4-12-20-25/h1-20H,21H2/q+1. The first kappa shape index (κ1) is 19.1. The molecule has 0 fully saturated rings. The van der Waals surface area contributed by atoms with Crippen molar-refractivity contribution in [2.45, 2.75) is 0 Å². The molecule has 0 saturated heterocycles. The molecule has 2 nitrogen and oxygen atoms in total. The molecule has 0 saturated carbocycles. The van der Waals surface area contributed by atoms with E-state index < -0.39 is 7.26 Å². The highest BCUT2D eigenvalue weighted by molar-refractivity contribution is 7.96. The van der Waals surface area contributed by atoms with Crippen LogP contribution in [0.2, 0.25) is 0 Å². The largest absolute Gasteiger partial charge is 0.424 e. The highest BCUT2D eigenvalue weighted by Crippen LogP contribution is 2.55. The van der Waals surface area contributed by atoms with Crippen LogP contribution in [0.25, 0.3) is 0 Å². The summed E-state index contributed by atoms with van der Waals surface area (Å²) in [6.45, 7) is 0. The summed E-state index contributed by atoms with van der Waals surface area (Å²) in [6.07, 6.45) is 0.305. The van der Waals surface area contributed by atoms with Gasteiger partial charge in [0.1, 0.15) is 28.9 Å². The van der Waals surface area contributed by atoms with Gasteiger partial charge in [0.15, 0.2) is 6.16 Å². The van der Waals surface area contributed by atoms with Crippen molar-refractivity contribution < 1.29 is 9.53 Å². The molecule has 0 atom stereocenters. The van der Waals surface area contributed by atoms with Crippen molar-refractivity contribution >= 4 is 29.1 Å². The Labute approximate surface area is 172 Å². The van der Waals surface area contributed by atoms with E-state index in [0.29, 0.717) is 11.9 Å². The van der Waals surface area contributed by atoms with Crippen LogP contribution in [0.3, 0.4) is 0 Å². The highest BCUT2D eigenvalue weighted by atomic mass is 31.2. The molecule has 4 aromatic carbocycles. The van der Waals surface area contributed by atoms with E-state index >= 15 is 0 Å². The number of carbonyl (C=O) groups is 1. The van der Waals surface area contributed by atoms with Crippen LogP contribution in [0.15, 0.2) is 121 Å². The number of hydrogen-bond acceptors (Lipinski definition) is 2. The minimum atomic E-state index is -2.22. The second-order valence-electron chi connectivity index (χ2n) is 6.76. The van der Waals surface area contributed by atoms with E-state index in [1.807, 2.05) is 84.9 Å². The molecule has 4 aromatic rings. The Balaban J connectivity index is 1.85. The minimum Gasteiger partial charge on any atom is -0.424 e. The number of carbonyl (C=O) groups excluding carboxylic acids is 1. The molecular weight excluding hydrogens is 375 g/mol. The first-order valence-electron chi connectivity index (χ1n) is 9.60. The van der Waals surface area contributed by atoms with Gasteiger partial charge >= 0.3 is 5.97 Å². The van der Waals surface area contributed by atoms with Gasteiger partial charge in [0.2, 0.25) is 0 Å². The lowest BCUT2D eigenvalue weighted by atomic mass is 10.3. The lowest BCUT2D eigenvalue weighted by molar-refractivity contribution is -0.131. The number of ether oxygens (including phenoxy) is 1. The molecule has 0 aliphatic rings. The second kappa shape index (κ2) is 8.86. The van der Waals surface area contributed by atoms with E-state index in [0.717, 1.165) is 0 Å². The number of benzene rings is 4. The van der Waals surface area contributed by atoms with Crippen molar-refractivity contribution in [2.75, 3.05) is 6.16 Å². The van der Waals surface area contributed by atoms with E-state index in [1.54, 1.807) is 0 Å². The first-order chi connectivity index (χ1) is 14.3. The Morgan fingerprint density at radius 2 is 0.897 bits per heavy atom. The molecule has 0 amide bonds. The lowest BCUT2D eigenvalue weighted by Crippen LogP contribution is -2.36. The average molecular weight is 397 g/mol. The number of esters is 1. The molecule has 0 radical (unpaired) electrons. The normalized spacial score (nSPS) is 11.0. The molecule has 0 heterocycles. The molecule has 0 bridgehead atoms. The van der Waals surface area contributed by atoms with Crippen LogP contribution < -0.4 is 20.7 Å². The van der Waals surface area contributed by atoms with Crippen molar-refractivity contribution in [3.8, 4) is 5.75 Å². The monoisotopic (exact) mass is 397 g/mol. The molecule has 0 aromatic heterocycles. The Morgan fingerprint density at radius 3 is 1.28 bits per heavy atom. The highest BCUT2D eigenvalue weighted by Gasteiger charge is 2.47. The van der Waals surface area contributed by atoms with Crippen molar-refractivity contribution in [2.24, 2.45) is 0 Å². The van der Waals surface area contributed by atoms with E-state index in [2.05, 4.69) is 36.4 Å². The van der Waals surface area contributed by atoms with Crippen LogP contribution in [-0.4, -0.2) is 12.1 Å². The van der Waals surface area contributed by atoms with E-state index in [4.69, 9.17) is 4.74 Å². The van der Waals surface area contributed by atoms with Crippen molar-refractivity contribution in [1.29, 1.82) is 0 Å². The maximum absolute atomic E-state index is 13.2. The zero-order valence-electron chi connectivity index (χ0n) is 16.0. The van der Waals surface area contributed by atoms with Gasteiger partial charge in [0.25, 0.3) is 0 Å². The van der Waals surface area contributed by atoms with Gasteiger partial charge in [-0.25, -0.2) is 4.79 Å². The third-order valence-electron chi connectivity index (χ3n) is 4.93. The minimum absolute atomic E-state index is 0.221. The Kier molecular flexibility index (Phi) is 5.84. The number of hydrogen-bond donors (Lipinski definition) is 0. The van der Waals surface area contributed by atoms with Gasteiger partial charge in [-0.2, -0.15) is 0 Å². The van der Waals surface area contributed by atoms with Crippen LogP contribution in [0, 0.1) is 0 Å². The Bertz CT molecular complexity index is 952. The molecule has 0 N–H and O–H groups in total. The first-order valence-corrected chi connectivity index (χ1v) is 11.6. The van der Waals surface area contributed by atoms with Crippen LogP contribution in [0.5, 0.6) is 5.75 Å². The van der Waals surface area contributed by atoms with Crippen LogP contribution in [0.1, 0.15) is 0 Å². The summed E-state index contributed by atoms with van der Waals surface area (Å²) in [5, 5.41) is 3.51. The van der Waals surface area contributed by atoms with E-state index in [1.165, 1.54) is 15.9 Å². The maximum atomic E-state index is 13.2.